The van der Waals surface area contributed by atoms with Gasteiger partial charge in [0, 0.05) is 17.6 Å². The molecular weight excluding hydrogens is 290 g/mol. The number of nitrogens with zero attached hydrogens (tertiary/aromatic N) is 1. The lowest BCUT2D eigenvalue weighted by Crippen LogP contribution is -2.46. The quantitative estimate of drug-likeness (QED) is 0.879. The molecule has 0 bridgehead atoms. The van der Waals surface area contributed by atoms with E-state index in [0.29, 0.717) is 11.4 Å². The first kappa shape index (κ1) is 15.0. The summed E-state index contributed by atoms with van der Waals surface area (Å²) in [5.74, 6) is -1.04. The van der Waals surface area contributed by atoms with Crippen molar-refractivity contribution in [3.8, 4) is 0 Å². The highest BCUT2D eigenvalue weighted by Gasteiger charge is 2.19. The summed E-state index contributed by atoms with van der Waals surface area (Å²) in [6.07, 6.45) is 1.80. The van der Waals surface area contributed by atoms with E-state index in [0.717, 1.165) is 5.56 Å². The van der Waals surface area contributed by atoms with Crippen molar-refractivity contribution >= 4 is 23.4 Å². The third-order valence-electron chi connectivity index (χ3n) is 2.90. The first-order valence-electron chi connectivity index (χ1n) is 6.32. The van der Waals surface area contributed by atoms with Crippen LogP contribution in [0, 0.1) is 0 Å². The number of pyridine rings is 1. The third kappa shape index (κ3) is 4.29. The van der Waals surface area contributed by atoms with Crippen LogP contribution in [0.3, 0.4) is 0 Å². The Morgan fingerprint density at radius 3 is 2.48 bits per heavy atom. The van der Waals surface area contributed by atoms with Crippen molar-refractivity contribution in [2.45, 2.75) is 12.5 Å². The van der Waals surface area contributed by atoms with Gasteiger partial charge in [0.25, 0.3) is 5.91 Å². The van der Waals surface area contributed by atoms with E-state index in [2.05, 4.69) is 10.3 Å². The predicted octanol–water partition coefficient (Wildman–Crippen LogP) is 1.56. The van der Waals surface area contributed by atoms with Crippen molar-refractivity contribution in [2.75, 3.05) is 0 Å². The van der Waals surface area contributed by atoms with E-state index in [9.17, 15) is 9.59 Å². The summed E-state index contributed by atoms with van der Waals surface area (Å²) in [6.45, 7) is 0. The topological polar surface area (TPSA) is 85.1 Å². The van der Waals surface area contributed by atoms with Gasteiger partial charge < -0.3 is 11.1 Å². The summed E-state index contributed by atoms with van der Waals surface area (Å²) in [5.41, 5.74) is 6.43. The van der Waals surface area contributed by atoms with Crippen molar-refractivity contribution < 1.29 is 9.59 Å². The maximum Gasteiger partial charge on any atom is 0.270 e. The number of halogens is 1. The van der Waals surface area contributed by atoms with Crippen molar-refractivity contribution in [3.05, 3.63) is 64.9 Å². The van der Waals surface area contributed by atoms with Crippen molar-refractivity contribution in [2.24, 2.45) is 5.73 Å². The Bertz CT molecular complexity index is 629. The maximum absolute atomic E-state index is 12.0. The van der Waals surface area contributed by atoms with Crippen LogP contribution in [0.4, 0.5) is 0 Å². The normalized spacial score (nSPS) is 11.7. The largest absolute Gasteiger partial charge is 0.368 e. The molecule has 0 aliphatic heterocycles. The molecule has 3 N–H and O–H groups in total. The smallest absolute Gasteiger partial charge is 0.270 e. The van der Waals surface area contributed by atoms with Gasteiger partial charge in [-0.15, -0.1) is 0 Å². The molecule has 2 rings (SSSR count). The summed E-state index contributed by atoms with van der Waals surface area (Å²) in [7, 11) is 0. The molecule has 0 unspecified atom stereocenters. The number of nitrogens with one attached hydrogen (secondary N) is 1. The van der Waals surface area contributed by atoms with Gasteiger partial charge in [-0.25, -0.2) is 0 Å². The van der Waals surface area contributed by atoms with Gasteiger partial charge in [-0.3, -0.25) is 14.6 Å². The molecule has 0 saturated heterocycles. The Balaban J connectivity index is 2.07. The Morgan fingerprint density at radius 1 is 1.19 bits per heavy atom. The molecule has 0 spiro atoms. The molecular formula is C15H14ClN3O2. The van der Waals surface area contributed by atoms with Crippen LogP contribution in [0.5, 0.6) is 0 Å². The van der Waals surface area contributed by atoms with Gasteiger partial charge >= 0.3 is 0 Å². The Hall–Kier alpha value is -2.40. The molecule has 1 aromatic carbocycles. The molecule has 0 aliphatic rings. The lowest BCUT2D eigenvalue weighted by atomic mass is 10.1. The molecule has 0 saturated carbocycles. The van der Waals surface area contributed by atoms with Crippen LogP contribution in [0.25, 0.3) is 0 Å². The Morgan fingerprint density at radius 2 is 1.90 bits per heavy atom. The fourth-order valence-electron chi connectivity index (χ4n) is 1.81. The van der Waals surface area contributed by atoms with E-state index < -0.39 is 17.9 Å². The van der Waals surface area contributed by atoms with Gasteiger partial charge in [-0.05, 0) is 29.8 Å². The molecule has 2 amide bonds. The number of amides is 2. The van der Waals surface area contributed by atoms with E-state index in [1.807, 2.05) is 0 Å². The summed E-state index contributed by atoms with van der Waals surface area (Å²) < 4.78 is 0. The van der Waals surface area contributed by atoms with Crippen LogP contribution >= 0.6 is 11.6 Å². The summed E-state index contributed by atoms with van der Waals surface area (Å²) >= 11 is 5.81. The third-order valence-corrected chi connectivity index (χ3v) is 3.15. The SMILES string of the molecule is NC(=O)[C@H](Cc1ccc(Cl)cc1)NC(=O)c1ccccn1. The van der Waals surface area contributed by atoms with Gasteiger partial charge in [0.15, 0.2) is 0 Å². The summed E-state index contributed by atoms with van der Waals surface area (Å²) in [4.78, 5) is 27.4. The Kier molecular flexibility index (Phi) is 4.90. The van der Waals surface area contributed by atoms with Crippen LogP contribution in [0.1, 0.15) is 16.1 Å². The first-order chi connectivity index (χ1) is 10.1. The lowest BCUT2D eigenvalue weighted by Gasteiger charge is -2.15. The number of aromatic nitrogens is 1. The van der Waals surface area contributed by atoms with Gasteiger partial charge in [-0.1, -0.05) is 29.8 Å². The molecule has 6 heteroatoms. The number of hydrogen-bond acceptors (Lipinski definition) is 3. The van der Waals surface area contributed by atoms with E-state index in [-0.39, 0.29) is 5.69 Å². The monoisotopic (exact) mass is 303 g/mol. The zero-order valence-electron chi connectivity index (χ0n) is 11.1. The molecule has 0 fully saturated rings. The minimum atomic E-state index is -0.805. The van der Waals surface area contributed by atoms with Crippen molar-refractivity contribution in [3.63, 3.8) is 0 Å². The molecule has 108 valence electrons. The minimum absolute atomic E-state index is 0.236. The lowest BCUT2D eigenvalue weighted by molar-refractivity contribution is -0.119. The van der Waals surface area contributed by atoms with E-state index in [1.54, 1.807) is 42.5 Å². The highest BCUT2D eigenvalue weighted by Crippen LogP contribution is 2.11. The van der Waals surface area contributed by atoms with Gasteiger partial charge in [0.2, 0.25) is 5.91 Å². The zero-order chi connectivity index (χ0) is 15.2. The molecule has 0 radical (unpaired) electrons. The molecule has 1 atom stereocenters. The van der Waals surface area contributed by atoms with Gasteiger partial charge in [0.05, 0.1) is 0 Å². The van der Waals surface area contributed by atoms with Crippen molar-refractivity contribution in [1.29, 1.82) is 0 Å². The van der Waals surface area contributed by atoms with Gasteiger partial charge in [-0.2, -0.15) is 0 Å². The molecule has 5 nitrogen and oxygen atoms in total. The van der Waals surface area contributed by atoms with Crippen LogP contribution in [-0.4, -0.2) is 22.8 Å². The first-order valence-corrected chi connectivity index (χ1v) is 6.69. The fourth-order valence-corrected chi connectivity index (χ4v) is 1.93. The highest BCUT2D eigenvalue weighted by atomic mass is 35.5. The average molecular weight is 304 g/mol. The second kappa shape index (κ2) is 6.85. The van der Waals surface area contributed by atoms with E-state index in [1.165, 1.54) is 6.20 Å². The predicted molar refractivity (Wildman–Crippen MR) is 79.8 cm³/mol. The maximum atomic E-state index is 12.0. The second-order valence-electron chi connectivity index (χ2n) is 4.47. The number of hydrogen-bond donors (Lipinski definition) is 2. The zero-order valence-corrected chi connectivity index (χ0v) is 11.9. The molecule has 0 aliphatic carbocycles. The highest BCUT2D eigenvalue weighted by molar-refractivity contribution is 6.30. The van der Waals surface area contributed by atoms with Crippen molar-refractivity contribution in [1.82, 2.24) is 10.3 Å². The van der Waals surface area contributed by atoms with Crippen LogP contribution in [0.2, 0.25) is 5.02 Å². The standard InChI is InChI=1S/C15H14ClN3O2/c16-11-6-4-10(5-7-11)9-13(14(17)20)19-15(21)12-3-1-2-8-18-12/h1-8,13H,9H2,(H2,17,20)(H,19,21)/t13-/m0/s1. The minimum Gasteiger partial charge on any atom is -0.368 e. The van der Waals surface area contributed by atoms with E-state index in [4.69, 9.17) is 17.3 Å². The van der Waals surface area contributed by atoms with E-state index >= 15 is 0 Å². The van der Waals surface area contributed by atoms with Crippen LogP contribution in [0.15, 0.2) is 48.7 Å². The number of primary amides is 1. The fraction of sp³-hybridized carbons (Fsp3) is 0.133. The summed E-state index contributed by atoms with van der Waals surface area (Å²) in [5, 5.41) is 3.19. The Labute approximate surface area is 127 Å². The van der Waals surface area contributed by atoms with Crippen LogP contribution in [-0.2, 0) is 11.2 Å². The number of rotatable bonds is 5. The molecule has 2 aromatic rings. The van der Waals surface area contributed by atoms with Crippen LogP contribution < -0.4 is 11.1 Å². The second-order valence-corrected chi connectivity index (χ2v) is 4.91. The van der Waals surface area contributed by atoms with Gasteiger partial charge in [0.1, 0.15) is 11.7 Å². The average Bonchev–Trinajstić information content (AvgIpc) is 2.49. The molecule has 21 heavy (non-hydrogen) atoms. The molecule has 1 heterocycles. The number of carbonyl (C=O) groups excluding carboxylic acids is 2. The summed E-state index contributed by atoms with van der Waals surface area (Å²) in [6, 6.07) is 11.2. The number of benzene rings is 1. The number of carbonyl (C=O) groups is 2. The molecule has 1 aromatic heterocycles. The number of nitrogens with two attached hydrogens (primary N) is 1.